The van der Waals surface area contributed by atoms with Gasteiger partial charge in [-0.15, -0.1) is 0 Å². The number of aryl methyl sites for hydroxylation is 1. The second-order valence-electron chi connectivity index (χ2n) is 4.89. The van der Waals surface area contributed by atoms with Gasteiger partial charge >= 0.3 is 0 Å². The molecule has 1 heterocycles. The van der Waals surface area contributed by atoms with E-state index in [0.717, 1.165) is 11.1 Å². The van der Waals surface area contributed by atoms with Crippen LogP contribution in [0.2, 0.25) is 0 Å². The van der Waals surface area contributed by atoms with Crippen molar-refractivity contribution in [1.82, 2.24) is 5.43 Å². The summed E-state index contributed by atoms with van der Waals surface area (Å²) in [6.45, 7) is 2.93. The van der Waals surface area contributed by atoms with Crippen LogP contribution in [0.5, 0.6) is 11.5 Å². The largest absolute Gasteiger partial charge is 0.486 e. The summed E-state index contributed by atoms with van der Waals surface area (Å²) in [6.07, 6.45) is 1.56. The maximum Gasteiger partial charge on any atom is 0.271 e. The monoisotopic (exact) mass is 296 g/mol. The van der Waals surface area contributed by atoms with Crippen molar-refractivity contribution in [3.8, 4) is 11.5 Å². The van der Waals surface area contributed by atoms with E-state index in [2.05, 4.69) is 10.5 Å². The summed E-state index contributed by atoms with van der Waals surface area (Å²) in [5.41, 5.74) is 4.81. The van der Waals surface area contributed by atoms with Crippen molar-refractivity contribution in [2.75, 3.05) is 13.2 Å². The number of hydrazone groups is 1. The highest BCUT2D eigenvalue weighted by Crippen LogP contribution is 2.32. The summed E-state index contributed by atoms with van der Waals surface area (Å²) in [7, 11) is 0. The van der Waals surface area contributed by atoms with Crippen molar-refractivity contribution in [1.29, 1.82) is 0 Å². The first kappa shape index (κ1) is 14.1. The Morgan fingerprint density at radius 2 is 1.95 bits per heavy atom. The van der Waals surface area contributed by atoms with Gasteiger partial charge in [0.2, 0.25) is 0 Å². The number of carbonyl (C=O) groups is 1. The zero-order valence-corrected chi connectivity index (χ0v) is 12.2. The Kier molecular flexibility index (Phi) is 4.05. The van der Waals surface area contributed by atoms with Crippen LogP contribution < -0.4 is 14.9 Å². The van der Waals surface area contributed by atoms with Crippen LogP contribution in [0.1, 0.15) is 21.5 Å². The first-order chi connectivity index (χ1) is 10.8. The predicted octanol–water partition coefficient (Wildman–Crippen LogP) is 2.53. The fraction of sp³-hybridized carbons (Fsp3) is 0.176. The smallest absolute Gasteiger partial charge is 0.271 e. The van der Waals surface area contributed by atoms with Crippen LogP contribution in [0.3, 0.4) is 0 Å². The summed E-state index contributed by atoms with van der Waals surface area (Å²) in [5, 5.41) is 4.01. The molecule has 0 aromatic heterocycles. The predicted molar refractivity (Wildman–Crippen MR) is 83.7 cm³/mol. The molecule has 0 aliphatic carbocycles. The molecule has 1 amide bonds. The summed E-state index contributed by atoms with van der Waals surface area (Å²) >= 11 is 0. The molecule has 22 heavy (non-hydrogen) atoms. The van der Waals surface area contributed by atoms with Crippen molar-refractivity contribution in [3.05, 3.63) is 59.2 Å². The number of para-hydroxylation sites is 1. The van der Waals surface area contributed by atoms with Crippen LogP contribution in [0.25, 0.3) is 0 Å². The van der Waals surface area contributed by atoms with E-state index in [4.69, 9.17) is 9.47 Å². The maximum absolute atomic E-state index is 12.1. The minimum Gasteiger partial charge on any atom is -0.486 e. The maximum atomic E-state index is 12.1. The highest BCUT2D eigenvalue weighted by atomic mass is 16.6. The average Bonchev–Trinajstić information content (AvgIpc) is 2.55. The van der Waals surface area contributed by atoms with Crippen molar-refractivity contribution in [3.63, 3.8) is 0 Å². The van der Waals surface area contributed by atoms with Crippen LogP contribution >= 0.6 is 0 Å². The van der Waals surface area contributed by atoms with Gasteiger partial charge in [0.15, 0.2) is 11.5 Å². The standard InChI is InChI=1S/C17H16N2O3/c1-12-5-2-3-7-14(12)17(20)19-18-11-13-6-4-8-15-16(13)22-10-9-21-15/h2-8,11H,9-10H2,1H3,(H,19,20)/b18-11-. The summed E-state index contributed by atoms with van der Waals surface area (Å²) in [6, 6.07) is 12.9. The topological polar surface area (TPSA) is 59.9 Å². The number of nitrogens with one attached hydrogen (secondary N) is 1. The fourth-order valence-electron chi connectivity index (χ4n) is 2.25. The normalized spacial score (nSPS) is 13.1. The molecular weight excluding hydrogens is 280 g/mol. The van der Waals surface area contributed by atoms with E-state index in [0.29, 0.717) is 30.3 Å². The van der Waals surface area contributed by atoms with Crippen LogP contribution in [0, 0.1) is 6.92 Å². The van der Waals surface area contributed by atoms with Crippen molar-refractivity contribution in [2.24, 2.45) is 5.10 Å². The Hall–Kier alpha value is -2.82. The SMILES string of the molecule is Cc1ccccc1C(=O)N/N=C\c1cccc2c1OCCO2. The molecule has 0 bridgehead atoms. The van der Waals surface area contributed by atoms with E-state index in [9.17, 15) is 4.79 Å². The highest BCUT2D eigenvalue weighted by Gasteiger charge is 2.14. The molecule has 0 saturated carbocycles. The van der Waals surface area contributed by atoms with E-state index in [1.165, 1.54) is 0 Å². The third-order valence-electron chi connectivity index (χ3n) is 3.36. The number of benzene rings is 2. The van der Waals surface area contributed by atoms with Gasteiger partial charge in [-0.2, -0.15) is 5.10 Å². The van der Waals surface area contributed by atoms with E-state index >= 15 is 0 Å². The van der Waals surface area contributed by atoms with Crippen molar-refractivity contribution < 1.29 is 14.3 Å². The van der Waals surface area contributed by atoms with Gasteiger partial charge in [-0.3, -0.25) is 4.79 Å². The minimum absolute atomic E-state index is 0.240. The third-order valence-corrected chi connectivity index (χ3v) is 3.36. The fourth-order valence-corrected chi connectivity index (χ4v) is 2.25. The van der Waals surface area contributed by atoms with Crippen LogP contribution in [-0.4, -0.2) is 25.3 Å². The van der Waals surface area contributed by atoms with Gasteiger partial charge in [0.1, 0.15) is 13.2 Å². The molecule has 5 nitrogen and oxygen atoms in total. The van der Waals surface area contributed by atoms with Crippen molar-refractivity contribution in [2.45, 2.75) is 6.92 Å². The minimum atomic E-state index is -0.240. The Morgan fingerprint density at radius 1 is 1.14 bits per heavy atom. The summed E-state index contributed by atoms with van der Waals surface area (Å²) in [4.78, 5) is 12.1. The number of rotatable bonds is 3. The van der Waals surface area contributed by atoms with Gasteiger partial charge in [-0.1, -0.05) is 24.3 Å². The molecule has 5 heteroatoms. The summed E-state index contributed by atoms with van der Waals surface area (Å²) in [5.74, 6) is 1.11. The van der Waals surface area contributed by atoms with E-state index in [1.54, 1.807) is 12.3 Å². The van der Waals surface area contributed by atoms with Crippen molar-refractivity contribution >= 4 is 12.1 Å². The molecule has 0 atom stereocenters. The van der Waals surface area contributed by atoms with Gasteiger partial charge in [-0.25, -0.2) is 5.43 Å². The molecule has 0 saturated heterocycles. The molecule has 0 spiro atoms. The second-order valence-corrected chi connectivity index (χ2v) is 4.89. The molecule has 0 unspecified atom stereocenters. The van der Waals surface area contributed by atoms with E-state index in [-0.39, 0.29) is 5.91 Å². The van der Waals surface area contributed by atoms with Gasteiger partial charge < -0.3 is 9.47 Å². The van der Waals surface area contributed by atoms with Crippen LogP contribution in [0.15, 0.2) is 47.6 Å². The molecule has 112 valence electrons. The molecule has 1 aliphatic rings. The van der Waals surface area contributed by atoms with Gasteiger partial charge in [-0.05, 0) is 30.7 Å². The molecular formula is C17H16N2O3. The van der Waals surface area contributed by atoms with Gasteiger partial charge in [0, 0.05) is 11.1 Å². The average molecular weight is 296 g/mol. The molecule has 0 fully saturated rings. The molecule has 3 rings (SSSR count). The third kappa shape index (κ3) is 2.93. The zero-order chi connectivity index (χ0) is 15.4. The number of hydrogen-bond donors (Lipinski definition) is 1. The lowest BCUT2D eigenvalue weighted by molar-refractivity contribution is 0.0954. The molecule has 2 aromatic rings. The lowest BCUT2D eigenvalue weighted by Crippen LogP contribution is -2.19. The molecule has 1 N–H and O–H groups in total. The lowest BCUT2D eigenvalue weighted by atomic mass is 10.1. The van der Waals surface area contributed by atoms with E-state index in [1.807, 2.05) is 43.3 Å². The zero-order valence-electron chi connectivity index (χ0n) is 12.2. The number of nitrogens with zero attached hydrogens (tertiary/aromatic N) is 1. The quantitative estimate of drug-likeness (QED) is 0.699. The van der Waals surface area contributed by atoms with E-state index < -0.39 is 0 Å². The number of fused-ring (bicyclic) bond motifs is 1. The number of hydrogen-bond acceptors (Lipinski definition) is 4. The Labute approximate surface area is 128 Å². The van der Waals surface area contributed by atoms with Gasteiger partial charge in [0.25, 0.3) is 5.91 Å². The number of amides is 1. The lowest BCUT2D eigenvalue weighted by Gasteiger charge is -2.19. The Morgan fingerprint density at radius 3 is 2.82 bits per heavy atom. The first-order valence-electron chi connectivity index (χ1n) is 7.03. The summed E-state index contributed by atoms with van der Waals surface area (Å²) < 4.78 is 11.1. The number of carbonyl (C=O) groups excluding carboxylic acids is 1. The molecule has 2 aromatic carbocycles. The Balaban J connectivity index is 1.73. The highest BCUT2D eigenvalue weighted by molar-refractivity contribution is 5.96. The van der Waals surface area contributed by atoms with Crippen LogP contribution in [-0.2, 0) is 0 Å². The van der Waals surface area contributed by atoms with Crippen LogP contribution in [0.4, 0.5) is 0 Å². The second kappa shape index (κ2) is 6.30. The van der Waals surface area contributed by atoms with Gasteiger partial charge in [0.05, 0.1) is 6.21 Å². The number of ether oxygens (including phenoxy) is 2. The Bertz CT molecular complexity index is 726. The molecule has 1 aliphatic heterocycles. The first-order valence-corrected chi connectivity index (χ1v) is 7.03. The molecule has 0 radical (unpaired) electrons.